The fraction of sp³-hybridized carbons (Fsp3) is 0.111. The van der Waals surface area contributed by atoms with Crippen LogP contribution in [0.15, 0.2) is 18.5 Å². The van der Waals surface area contributed by atoms with Gasteiger partial charge in [0.15, 0.2) is 6.29 Å². The number of aldehydes is 1. The van der Waals surface area contributed by atoms with Crippen molar-refractivity contribution in [1.82, 2.24) is 9.97 Å². The van der Waals surface area contributed by atoms with Crippen LogP contribution in [-0.4, -0.2) is 16.3 Å². The molecule has 2 heterocycles. The van der Waals surface area contributed by atoms with E-state index in [1.54, 1.807) is 12.4 Å². The second kappa shape index (κ2) is 2.44. The number of H-pyrrole nitrogens is 1. The van der Waals surface area contributed by atoms with Crippen molar-refractivity contribution in [3.05, 3.63) is 29.6 Å². The van der Waals surface area contributed by atoms with Gasteiger partial charge in [-0.1, -0.05) is 0 Å². The number of pyridine rings is 1. The van der Waals surface area contributed by atoms with Gasteiger partial charge in [-0.2, -0.15) is 0 Å². The molecule has 0 aliphatic heterocycles. The minimum absolute atomic E-state index is 0.619. The first-order valence-corrected chi connectivity index (χ1v) is 3.71. The van der Waals surface area contributed by atoms with Crippen LogP contribution in [0.1, 0.15) is 15.9 Å². The highest BCUT2D eigenvalue weighted by molar-refractivity contribution is 5.95. The Hall–Kier alpha value is -1.64. The van der Waals surface area contributed by atoms with Crippen molar-refractivity contribution >= 4 is 17.3 Å². The highest BCUT2D eigenvalue weighted by Crippen LogP contribution is 2.16. The lowest BCUT2D eigenvalue weighted by atomic mass is 10.2. The lowest BCUT2D eigenvalue weighted by Crippen LogP contribution is -1.81. The lowest BCUT2D eigenvalue weighted by molar-refractivity contribution is 0.112. The van der Waals surface area contributed by atoms with Gasteiger partial charge < -0.3 is 4.98 Å². The highest BCUT2D eigenvalue weighted by atomic mass is 16.1. The van der Waals surface area contributed by atoms with Gasteiger partial charge in [-0.25, -0.2) is 0 Å². The van der Waals surface area contributed by atoms with Crippen molar-refractivity contribution in [1.29, 1.82) is 0 Å². The van der Waals surface area contributed by atoms with E-state index in [0.717, 1.165) is 22.9 Å². The number of aromatic nitrogens is 2. The summed E-state index contributed by atoms with van der Waals surface area (Å²) in [6.45, 7) is 1.98. The number of nitrogens with one attached hydrogen (secondary N) is 1. The first-order chi connectivity index (χ1) is 5.83. The molecule has 2 aromatic rings. The standard InChI is InChI=1S/C9H8N2O/c1-6-2-3-10-9-7(5-12)4-11-8(6)9/h2-5,11H,1H3. The minimum atomic E-state index is 0.619. The molecule has 0 atom stereocenters. The molecule has 3 heteroatoms. The topological polar surface area (TPSA) is 45.8 Å². The number of fused-ring (bicyclic) bond motifs is 1. The molecule has 0 amide bonds. The predicted molar refractivity (Wildman–Crippen MR) is 46.2 cm³/mol. The normalized spacial score (nSPS) is 10.4. The molecule has 0 fully saturated rings. The van der Waals surface area contributed by atoms with Crippen LogP contribution in [0.25, 0.3) is 11.0 Å². The van der Waals surface area contributed by atoms with E-state index < -0.39 is 0 Å². The van der Waals surface area contributed by atoms with Crippen molar-refractivity contribution in [2.45, 2.75) is 6.92 Å². The van der Waals surface area contributed by atoms with Gasteiger partial charge in [0.1, 0.15) is 0 Å². The van der Waals surface area contributed by atoms with E-state index in [2.05, 4.69) is 9.97 Å². The molecule has 0 saturated carbocycles. The number of rotatable bonds is 1. The number of hydrogen-bond donors (Lipinski definition) is 1. The molecular formula is C9H8N2O. The van der Waals surface area contributed by atoms with Crippen molar-refractivity contribution in [3.63, 3.8) is 0 Å². The van der Waals surface area contributed by atoms with Gasteiger partial charge in [0.05, 0.1) is 16.6 Å². The summed E-state index contributed by atoms with van der Waals surface area (Å²) in [7, 11) is 0. The predicted octanol–water partition coefficient (Wildman–Crippen LogP) is 1.68. The SMILES string of the molecule is Cc1ccnc2c(C=O)c[nH]c12. The summed E-state index contributed by atoms with van der Waals surface area (Å²) in [5.74, 6) is 0. The summed E-state index contributed by atoms with van der Waals surface area (Å²) in [4.78, 5) is 17.7. The van der Waals surface area contributed by atoms with Crippen LogP contribution < -0.4 is 0 Å². The van der Waals surface area contributed by atoms with Crippen LogP contribution in [0.4, 0.5) is 0 Å². The Labute approximate surface area is 69.4 Å². The number of carbonyl (C=O) groups excluding carboxylic acids is 1. The van der Waals surface area contributed by atoms with Crippen LogP contribution in [0.5, 0.6) is 0 Å². The van der Waals surface area contributed by atoms with E-state index in [4.69, 9.17) is 0 Å². The molecule has 2 rings (SSSR count). The zero-order valence-corrected chi connectivity index (χ0v) is 6.66. The maximum atomic E-state index is 10.5. The summed E-state index contributed by atoms with van der Waals surface area (Å²) in [5.41, 5.74) is 3.42. The molecule has 0 bridgehead atoms. The van der Waals surface area contributed by atoms with Crippen LogP contribution in [0.3, 0.4) is 0 Å². The Bertz CT molecular complexity index is 431. The Morgan fingerprint density at radius 1 is 1.58 bits per heavy atom. The molecule has 0 radical (unpaired) electrons. The highest BCUT2D eigenvalue weighted by Gasteiger charge is 2.04. The van der Waals surface area contributed by atoms with E-state index in [1.807, 2.05) is 13.0 Å². The molecular weight excluding hydrogens is 152 g/mol. The first-order valence-electron chi connectivity index (χ1n) is 3.71. The second-order valence-electron chi connectivity index (χ2n) is 2.71. The summed E-state index contributed by atoms with van der Waals surface area (Å²) in [6.07, 6.45) is 4.20. The fourth-order valence-corrected chi connectivity index (χ4v) is 1.27. The van der Waals surface area contributed by atoms with E-state index in [0.29, 0.717) is 5.56 Å². The van der Waals surface area contributed by atoms with Gasteiger partial charge in [-0.3, -0.25) is 9.78 Å². The fourth-order valence-electron chi connectivity index (χ4n) is 1.27. The maximum Gasteiger partial charge on any atom is 0.153 e. The maximum absolute atomic E-state index is 10.5. The zero-order chi connectivity index (χ0) is 8.55. The summed E-state index contributed by atoms with van der Waals surface area (Å²) >= 11 is 0. The number of hydrogen-bond acceptors (Lipinski definition) is 2. The van der Waals surface area contributed by atoms with Gasteiger partial charge in [-0.05, 0) is 18.6 Å². The average Bonchev–Trinajstić information content (AvgIpc) is 2.49. The number of aromatic amines is 1. The minimum Gasteiger partial charge on any atom is -0.359 e. The number of nitrogens with zero attached hydrogens (tertiary/aromatic N) is 1. The largest absolute Gasteiger partial charge is 0.359 e. The molecule has 0 aliphatic carbocycles. The lowest BCUT2D eigenvalue weighted by Gasteiger charge is -1.92. The third-order valence-corrected chi connectivity index (χ3v) is 1.93. The summed E-state index contributed by atoms with van der Waals surface area (Å²) in [5, 5.41) is 0. The number of carbonyl (C=O) groups is 1. The van der Waals surface area contributed by atoms with Crippen molar-refractivity contribution in [2.24, 2.45) is 0 Å². The molecule has 3 nitrogen and oxygen atoms in total. The smallest absolute Gasteiger partial charge is 0.153 e. The molecule has 0 spiro atoms. The monoisotopic (exact) mass is 160 g/mol. The second-order valence-corrected chi connectivity index (χ2v) is 2.71. The molecule has 1 N–H and O–H groups in total. The Morgan fingerprint density at radius 2 is 2.42 bits per heavy atom. The van der Waals surface area contributed by atoms with Gasteiger partial charge >= 0.3 is 0 Å². The van der Waals surface area contributed by atoms with Crippen LogP contribution >= 0.6 is 0 Å². The summed E-state index contributed by atoms with van der Waals surface area (Å²) < 4.78 is 0. The first kappa shape index (κ1) is 7.03. The molecule has 0 aromatic carbocycles. The van der Waals surface area contributed by atoms with Gasteiger partial charge in [-0.15, -0.1) is 0 Å². The molecule has 0 unspecified atom stereocenters. The summed E-state index contributed by atoms with van der Waals surface area (Å²) in [6, 6.07) is 1.91. The quantitative estimate of drug-likeness (QED) is 0.645. The van der Waals surface area contributed by atoms with E-state index in [1.165, 1.54) is 0 Å². The van der Waals surface area contributed by atoms with E-state index >= 15 is 0 Å². The molecule has 12 heavy (non-hydrogen) atoms. The Kier molecular flexibility index (Phi) is 1.43. The molecule has 2 aromatic heterocycles. The van der Waals surface area contributed by atoms with Crippen LogP contribution in [0, 0.1) is 6.92 Å². The van der Waals surface area contributed by atoms with E-state index in [9.17, 15) is 4.79 Å². The molecule has 0 saturated heterocycles. The van der Waals surface area contributed by atoms with Crippen LogP contribution in [0.2, 0.25) is 0 Å². The Morgan fingerprint density at radius 3 is 3.17 bits per heavy atom. The molecule has 0 aliphatic rings. The van der Waals surface area contributed by atoms with Crippen molar-refractivity contribution in [3.8, 4) is 0 Å². The average molecular weight is 160 g/mol. The van der Waals surface area contributed by atoms with Gasteiger partial charge in [0.2, 0.25) is 0 Å². The van der Waals surface area contributed by atoms with Gasteiger partial charge in [0.25, 0.3) is 0 Å². The van der Waals surface area contributed by atoms with Crippen molar-refractivity contribution in [2.75, 3.05) is 0 Å². The van der Waals surface area contributed by atoms with Crippen LogP contribution in [-0.2, 0) is 0 Å². The zero-order valence-electron chi connectivity index (χ0n) is 6.66. The number of aryl methyl sites for hydroxylation is 1. The third-order valence-electron chi connectivity index (χ3n) is 1.93. The van der Waals surface area contributed by atoms with Crippen molar-refractivity contribution < 1.29 is 4.79 Å². The molecule has 60 valence electrons. The Balaban J connectivity index is 2.88. The van der Waals surface area contributed by atoms with E-state index in [-0.39, 0.29) is 0 Å². The third kappa shape index (κ3) is 0.830. The van der Waals surface area contributed by atoms with Gasteiger partial charge in [0, 0.05) is 12.4 Å².